The van der Waals surface area contributed by atoms with E-state index in [-0.39, 0.29) is 12.2 Å². The number of imide groups is 1. The number of Topliss-reactive ketones (excluding diaryl/α,β-unsaturated/α-hetero) is 1. The standard InChI is InChI=1S/C23H20N2O5/c1-13-21(17-9-5-6-10-18(17)24-13)22(28)14(2)30-20(27)12-25-19(26)11-15-7-3-4-8-16(15)23(25)29/h3-10,14,24H,11-12H2,1-2H3/t14-/m0/s1. The number of hydrogen-bond acceptors (Lipinski definition) is 5. The van der Waals surface area contributed by atoms with E-state index in [1.54, 1.807) is 31.2 Å². The zero-order chi connectivity index (χ0) is 21.4. The van der Waals surface area contributed by atoms with Crippen LogP contribution in [-0.4, -0.2) is 46.1 Å². The van der Waals surface area contributed by atoms with Crippen LogP contribution >= 0.6 is 0 Å². The lowest BCUT2D eigenvalue weighted by atomic mass is 9.98. The molecule has 2 aromatic carbocycles. The summed E-state index contributed by atoms with van der Waals surface area (Å²) < 4.78 is 5.28. The molecule has 1 aromatic heterocycles. The molecular weight excluding hydrogens is 384 g/mol. The minimum absolute atomic E-state index is 0.0399. The Morgan fingerprint density at radius 2 is 1.80 bits per heavy atom. The summed E-state index contributed by atoms with van der Waals surface area (Å²) in [5.74, 6) is -2.17. The molecule has 0 saturated heterocycles. The third kappa shape index (κ3) is 3.39. The molecule has 0 fully saturated rings. The second kappa shape index (κ2) is 7.59. The van der Waals surface area contributed by atoms with Gasteiger partial charge < -0.3 is 9.72 Å². The molecule has 7 heteroatoms. The molecule has 2 heterocycles. The second-order valence-corrected chi connectivity index (χ2v) is 7.29. The fraction of sp³-hybridized carbons (Fsp3) is 0.217. The Labute approximate surface area is 172 Å². The molecule has 7 nitrogen and oxygen atoms in total. The number of carbonyl (C=O) groups is 4. The summed E-state index contributed by atoms with van der Waals surface area (Å²) in [5.41, 5.74) is 2.99. The first kappa shape index (κ1) is 19.6. The number of nitrogens with zero attached hydrogens (tertiary/aromatic N) is 1. The number of aromatic amines is 1. The van der Waals surface area contributed by atoms with Crippen molar-refractivity contribution >= 4 is 34.5 Å². The van der Waals surface area contributed by atoms with Gasteiger partial charge in [-0.25, -0.2) is 0 Å². The number of amides is 2. The Bertz CT molecular complexity index is 1190. The number of carbonyl (C=O) groups excluding carboxylic acids is 4. The van der Waals surface area contributed by atoms with Gasteiger partial charge in [0.25, 0.3) is 5.91 Å². The summed E-state index contributed by atoms with van der Waals surface area (Å²) >= 11 is 0. The Kier molecular flexibility index (Phi) is 4.95. The maximum absolute atomic E-state index is 12.9. The molecule has 0 unspecified atom stereocenters. The number of hydrogen-bond donors (Lipinski definition) is 1. The number of aromatic nitrogens is 1. The number of ketones is 1. The Morgan fingerprint density at radius 3 is 2.60 bits per heavy atom. The van der Waals surface area contributed by atoms with Crippen LogP contribution in [0, 0.1) is 6.92 Å². The van der Waals surface area contributed by atoms with Crippen LogP contribution in [0.4, 0.5) is 0 Å². The highest BCUT2D eigenvalue weighted by Crippen LogP contribution is 2.24. The minimum Gasteiger partial charge on any atom is -0.453 e. The van der Waals surface area contributed by atoms with Gasteiger partial charge >= 0.3 is 5.97 Å². The molecule has 1 N–H and O–H groups in total. The van der Waals surface area contributed by atoms with Crippen molar-refractivity contribution in [3.63, 3.8) is 0 Å². The van der Waals surface area contributed by atoms with E-state index in [0.29, 0.717) is 22.4 Å². The number of ether oxygens (including phenoxy) is 1. The van der Waals surface area contributed by atoms with E-state index >= 15 is 0 Å². The van der Waals surface area contributed by atoms with E-state index in [0.717, 1.165) is 15.8 Å². The minimum atomic E-state index is -1.06. The number of H-pyrrole nitrogens is 1. The smallest absolute Gasteiger partial charge is 0.326 e. The maximum Gasteiger partial charge on any atom is 0.326 e. The van der Waals surface area contributed by atoms with Crippen molar-refractivity contribution < 1.29 is 23.9 Å². The van der Waals surface area contributed by atoms with Crippen LogP contribution in [0.3, 0.4) is 0 Å². The second-order valence-electron chi connectivity index (χ2n) is 7.29. The van der Waals surface area contributed by atoms with Crippen LogP contribution in [0.25, 0.3) is 10.9 Å². The van der Waals surface area contributed by atoms with Gasteiger partial charge in [-0.2, -0.15) is 0 Å². The largest absolute Gasteiger partial charge is 0.453 e. The molecule has 0 spiro atoms. The summed E-state index contributed by atoms with van der Waals surface area (Å²) in [6.45, 7) is 2.73. The number of nitrogens with one attached hydrogen (secondary N) is 1. The summed E-state index contributed by atoms with van der Waals surface area (Å²) in [7, 11) is 0. The normalized spacial score (nSPS) is 14.5. The number of fused-ring (bicyclic) bond motifs is 2. The molecule has 1 atom stereocenters. The van der Waals surface area contributed by atoms with E-state index in [9.17, 15) is 19.2 Å². The number of aryl methyl sites for hydroxylation is 1. The molecule has 152 valence electrons. The van der Waals surface area contributed by atoms with E-state index in [1.807, 2.05) is 24.3 Å². The zero-order valence-corrected chi connectivity index (χ0v) is 16.6. The lowest BCUT2D eigenvalue weighted by molar-refractivity contribution is -0.150. The van der Waals surface area contributed by atoms with Crippen LogP contribution in [0.1, 0.15) is 38.9 Å². The van der Waals surface area contributed by atoms with Gasteiger partial charge in [0.05, 0.1) is 6.42 Å². The van der Waals surface area contributed by atoms with Gasteiger partial charge in [-0.05, 0) is 31.5 Å². The quantitative estimate of drug-likeness (QED) is 0.401. The molecular formula is C23H20N2O5. The van der Waals surface area contributed by atoms with Gasteiger partial charge in [-0.1, -0.05) is 36.4 Å². The third-order valence-electron chi connectivity index (χ3n) is 5.24. The lowest BCUT2D eigenvalue weighted by Crippen LogP contribution is -2.46. The third-order valence-corrected chi connectivity index (χ3v) is 5.24. The first-order valence-corrected chi connectivity index (χ1v) is 9.60. The fourth-order valence-corrected chi connectivity index (χ4v) is 3.77. The molecule has 30 heavy (non-hydrogen) atoms. The van der Waals surface area contributed by atoms with Crippen molar-refractivity contribution in [1.82, 2.24) is 9.88 Å². The summed E-state index contributed by atoms with van der Waals surface area (Å²) in [4.78, 5) is 54.3. The zero-order valence-electron chi connectivity index (χ0n) is 16.6. The highest BCUT2D eigenvalue weighted by molar-refractivity contribution is 6.12. The Hall–Kier alpha value is -3.74. The highest BCUT2D eigenvalue weighted by Gasteiger charge is 2.33. The average molecular weight is 404 g/mol. The predicted octanol–water partition coefficient (Wildman–Crippen LogP) is 2.82. The molecule has 1 aliphatic heterocycles. The van der Waals surface area contributed by atoms with Crippen LogP contribution in [0.2, 0.25) is 0 Å². The van der Waals surface area contributed by atoms with Gasteiger partial charge in [-0.3, -0.25) is 24.1 Å². The van der Waals surface area contributed by atoms with E-state index in [1.165, 1.54) is 6.92 Å². The SMILES string of the molecule is Cc1[nH]c2ccccc2c1C(=O)[C@H](C)OC(=O)CN1C(=O)Cc2ccccc2C1=O. The molecule has 1 aliphatic rings. The highest BCUT2D eigenvalue weighted by atomic mass is 16.5. The van der Waals surface area contributed by atoms with Gasteiger partial charge in [0.1, 0.15) is 6.54 Å². The lowest BCUT2D eigenvalue weighted by Gasteiger charge is -2.26. The predicted molar refractivity (Wildman–Crippen MR) is 109 cm³/mol. The van der Waals surface area contributed by atoms with E-state index in [2.05, 4.69) is 4.98 Å². The fourth-order valence-electron chi connectivity index (χ4n) is 3.77. The Balaban J connectivity index is 1.47. The van der Waals surface area contributed by atoms with E-state index < -0.39 is 30.4 Å². The summed E-state index contributed by atoms with van der Waals surface area (Å²) in [5, 5.41) is 0.751. The van der Waals surface area contributed by atoms with Crippen molar-refractivity contribution in [2.24, 2.45) is 0 Å². The van der Waals surface area contributed by atoms with Crippen LogP contribution in [-0.2, 0) is 20.7 Å². The first-order chi connectivity index (χ1) is 14.4. The van der Waals surface area contributed by atoms with Gasteiger partial charge in [-0.15, -0.1) is 0 Å². The number of benzene rings is 2. The number of esters is 1. The molecule has 3 aromatic rings. The molecule has 0 bridgehead atoms. The van der Waals surface area contributed by atoms with E-state index in [4.69, 9.17) is 4.74 Å². The molecule has 0 radical (unpaired) electrons. The summed E-state index contributed by atoms with van der Waals surface area (Å²) in [6, 6.07) is 14.2. The summed E-state index contributed by atoms with van der Waals surface area (Å²) in [6.07, 6.45) is -1.02. The number of para-hydroxylation sites is 1. The number of rotatable bonds is 5. The van der Waals surface area contributed by atoms with Crippen molar-refractivity contribution in [2.75, 3.05) is 6.54 Å². The van der Waals surface area contributed by atoms with Crippen LogP contribution in [0.15, 0.2) is 48.5 Å². The van der Waals surface area contributed by atoms with Crippen molar-refractivity contribution in [1.29, 1.82) is 0 Å². The molecule has 4 rings (SSSR count). The van der Waals surface area contributed by atoms with Gasteiger partial charge in [0.2, 0.25) is 11.7 Å². The Morgan fingerprint density at radius 1 is 1.10 bits per heavy atom. The van der Waals surface area contributed by atoms with Crippen molar-refractivity contribution in [2.45, 2.75) is 26.4 Å². The molecule has 0 saturated carbocycles. The van der Waals surface area contributed by atoms with Crippen LogP contribution < -0.4 is 0 Å². The van der Waals surface area contributed by atoms with Crippen molar-refractivity contribution in [3.05, 3.63) is 70.9 Å². The maximum atomic E-state index is 12.9. The molecule has 2 amide bonds. The van der Waals surface area contributed by atoms with Crippen molar-refractivity contribution in [3.8, 4) is 0 Å². The topological polar surface area (TPSA) is 96.5 Å². The monoisotopic (exact) mass is 404 g/mol. The van der Waals surface area contributed by atoms with Crippen LogP contribution in [0.5, 0.6) is 0 Å². The average Bonchev–Trinajstić information content (AvgIpc) is 3.06. The molecule has 0 aliphatic carbocycles. The first-order valence-electron chi connectivity index (χ1n) is 9.60. The van der Waals surface area contributed by atoms with Gasteiger partial charge in [0, 0.05) is 27.7 Å². The van der Waals surface area contributed by atoms with Gasteiger partial charge in [0.15, 0.2) is 6.10 Å².